The molecular weight excluding hydrogens is 272 g/mol. The summed E-state index contributed by atoms with van der Waals surface area (Å²) in [6, 6.07) is -0.933. The number of carbonyl (C=O) groups excluding carboxylic acids is 1. The van der Waals surface area contributed by atoms with Crippen LogP contribution in [0, 0.1) is 5.92 Å². The van der Waals surface area contributed by atoms with E-state index in [-0.39, 0.29) is 12.3 Å². The molecular formula is C11H20N2O5S. The summed E-state index contributed by atoms with van der Waals surface area (Å²) in [6.45, 7) is 1.13. The lowest BCUT2D eigenvalue weighted by molar-refractivity contribution is -0.142. The van der Waals surface area contributed by atoms with Crippen LogP contribution in [-0.4, -0.2) is 55.1 Å². The van der Waals surface area contributed by atoms with Gasteiger partial charge in [0, 0.05) is 7.05 Å². The Hall–Kier alpha value is -1.15. The highest BCUT2D eigenvalue weighted by atomic mass is 32.2. The maximum Gasteiger partial charge on any atom is 0.326 e. The zero-order chi connectivity index (χ0) is 14.6. The molecule has 8 heteroatoms. The molecule has 1 unspecified atom stereocenters. The minimum Gasteiger partial charge on any atom is -0.480 e. The number of carboxylic acid groups (broad SMARTS) is 1. The lowest BCUT2D eigenvalue weighted by atomic mass is 10.1. The van der Waals surface area contributed by atoms with Gasteiger partial charge in [-0.15, -0.1) is 0 Å². The molecule has 1 fully saturated rings. The average Bonchev–Trinajstić information content (AvgIpc) is 3.11. The van der Waals surface area contributed by atoms with E-state index in [1.165, 1.54) is 14.0 Å². The Kier molecular flexibility index (Phi) is 5.30. The molecule has 2 N–H and O–H groups in total. The van der Waals surface area contributed by atoms with Crippen molar-refractivity contribution in [1.29, 1.82) is 0 Å². The third kappa shape index (κ3) is 5.15. The molecule has 0 aromatic carbocycles. The van der Waals surface area contributed by atoms with Crippen LogP contribution in [0.3, 0.4) is 0 Å². The first kappa shape index (κ1) is 15.9. The van der Waals surface area contributed by atoms with Crippen molar-refractivity contribution in [2.24, 2.45) is 5.92 Å². The van der Waals surface area contributed by atoms with Crippen molar-refractivity contribution in [2.75, 3.05) is 19.3 Å². The molecule has 1 rings (SSSR count). The number of sulfonamides is 1. The van der Waals surface area contributed by atoms with Crippen molar-refractivity contribution < 1.29 is 23.1 Å². The Morgan fingerprint density at radius 2 is 2.00 bits per heavy atom. The number of hydrogen-bond acceptors (Lipinski definition) is 4. The van der Waals surface area contributed by atoms with Gasteiger partial charge in [0.25, 0.3) is 0 Å². The standard InChI is InChI=1S/C11H20N2O5S/c1-3-19(17,18)13(2)7-10(14)12-9(11(15)16)6-8-4-5-8/h8-9H,3-7H2,1-2H3,(H,12,14)(H,15,16). The molecule has 1 amide bonds. The average molecular weight is 292 g/mol. The Bertz CT molecular complexity index is 444. The first-order valence-corrected chi connectivity index (χ1v) is 7.83. The maximum absolute atomic E-state index is 11.7. The van der Waals surface area contributed by atoms with Crippen LogP contribution >= 0.6 is 0 Å². The lowest BCUT2D eigenvalue weighted by Crippen LogP contribution is -2.46. The van der Waals surface area contributed by atoms with Gasteiger partial charge in [-0.25, -0.2) is 13.2 Å². The Morgan fingerprint density at radius 1 is 1.42 bits per heavy atom. The Morgan fingerprint density at radius 3 is 2.42 bits per heavy atom. The Labute approximate surface area is 113 Å². The molecule has 0 heterocycles. The van der Waals surface area contributed by atoms with E-state index in [9.17, 15) is 18.0 Å². The largest absolute Gasteiger partial charge is 0.480 e. The van der Waals surface area contributed by atoms with Crippen molar-refractivity contribution in [2.45, 2.75) is 32.2 Å². The van der Waals surface area contributed by atoms with E-state index in [0.717, 1.165) is 17.1 Å². The molecule has 0 bridgehead atoms. The van der Waals surface area contributed by atoms with Gasteiger partial charge < -0.3 is 10.4 Å². The molecule has 0 spiro atoms. The third-order valence-corrected chi connectivity index (χ3v) is 4.91. The highest BCUT2D eigenvalue weighted by Gasteiger charge is 2.30. The van der Waals surface area contributed by atoms with E-state index < -0.39 is 27.9 Å². The van der Waals surface area contributed by atoms with E-state index in [1.54, 1.807) is 0 Å². The van der Waals surface area contributed by atoms with Crippen molar-refractivity contribution in [3.63, 3.8) is 0 Å². The minimum atomic E-state index is -3.43. The van der Waals surface area contributed by atoms with E-state index in [1.807, 2.05) is 0 Å². The molecule has 7 nitrogen and oxygen atoms in total. The van der Waals surface area contributed by atoms with Gasteiger partial charge in [0.05, 0.1) is 12.3 Å². The molecule has 0 aliphatic heterocycles. The van der Waals surface area contributed by atoms with Gasteiger partial charge in [0.1, 0.15) is 6.04 Å². The SMILES string of the molecule is CCS(=O)(=O)N(C)CC(=O)NC(CC1CC1)C(=O)O. The highest BCUT2D eigenvalue weighted by molar-refractivity contribution is 7.89. The molecule has 1 aliphatic carbocycles. The number of hydrogen-bond donors (Lipinski definition) is 2. The summed E-state index contributed by atoms with van der Waals surface area (Å²) >= 11 is 0. The number of likely N-dealkylation sites (N-methyl/N-ethyl adjacent to an activating group) is 1. The molecule has 1 atom stereocenters. The fourth-order valence-corrected chi connectivity index (χ4v) is 2.42. The number of amides is 1. The fraction of sp³-hybridized carbons (Fsp3) is 0.818. The van der Waals surface area contributed by atoms with Gasteiger partial charge in [-0.3, -0.25) is 4.79 Å². The zero-order valence-electron chi connectivity index (χ0n) is 11.1. The monoisotopic (exact) mass is 292 g/mol. The number of nitrogens with one attached hydrogen (secondary N) is 1. The van der Waals surface area contributed by atoms with Gasteiger partial charge in [0.15, 0.2) is 0 Å². The molecule has 0 saturated heterocycles. The Balaban J connectivity index is 2.50. The quantitative estimate of drug-likeness (QED) is 0.635. The smallest absolute Gasteiger partial charge is 0.326 e. The fourth-order valence-electron chi connectivity index (χ4n) is 1.67. The summed E-state index contributed by atoms with van der Waals surface area (Å²) in [5, 5.41) is 11.4. The van der Waals surface area contributed by atoms with E-state index in [0.29, 0.717) is 12.3 Å². The first-order valence-electron chi connectivity index (χ1n) is 6.22. The second-order valence-corrected chi connectivity index (χ2v) is 7.16. The number of nitrogens with zero attached hydrogens (tertiary/aromatic N) is 1. The van der Waals surface area contributed by atoms with Crippen LogP contribution < -0.4 is 5.32 Å². The van der Waals surface area contributed by atoms with Gasteiger partial charge in [-0.05, 0) is 19.3 Å². The van der Waals surface area contributed by atoms with Gasteiger partial charge in [-0.1, -0.05) is 12.8 Å². The number of rotatable bonds is 8. The van der Waals surface area contributed by atoms with Crippen molar-refractivity contribution in [3.8, 4) is 0 Å². The van der Waals surface area contributed by atoms with Crippen LogP contribution in [-0.2, 0) is 19.6 Å². The number of aliphatic carboxylic acids is 1. The normalized spacial score (nSPS) is 17.2. The summed E-state index contributed by atoms with van der Waals surface area (Å²) in [5.41, 5.74) is 0. The van der Waals surface area contributed by atoms with E-state index in [2.05, 4.69) is 5.32 Å². The van der Waals surface area contributed by atoms with Gasteiger partial charge >= 0.3 is 5.97 Å². The molecule has 0 radical (unpaired) electrons. The maximum atomic E-state index is 11.7. The molecule has 1 aliphatic rings. The van der Waals surface area contributed by atoms with Crippen LogP contribution in [0.25, 0.3) is 0 Å². The van der Waals surface area contributed by atoms with E-state index >= 15 is 0 Å². The molecule has 0 aromatic rings. The van der Waals surface area contributed by atoms with Crippen molar-refractivity contribution in [3.05, 3.63) is 0 Å². The van der Waals surface area contributed by atoms with Crippen molar-refractivity contribution in [1.82, 2.24) is 9.62 Å². The molecule has 110 valence electrons. The predicted molar refractivity (Wildman–Crippen MR) is 69.0 cm³/mol. The highest BCUT2D eigenvalue weighted by Crippen LogP contribution is 2.33. The second kappa shape index (κ2) is 6.33. The molecule has 1 saturated carbocycles. The van der Waals surface area contributed by atoms with Crippen LogP contribution in [0.5, 0.6) is 0 Å². The summed E-state index contributed by atoms with van der Waals surface area (Å²) < 4.78 is 23.9. The summed E-state index contributed by atoms with van der Waals surface area (Å²) in [4.78, 5) is 22.6. The third-order valence-electron chi connectivity index (χ3n) is 3.11. The summed E-state index contributed by atoms with van der Waals surface area (Å²) in [7, 11) is -2.13. The summed E-state index contributed by atoms with van der Waals surface area (Å²) in [6.07, 6.45) is 2.39. The zero-order valence-corrected chi connectivity index (χ0v) is 11.9. The summed E-state index contributed by atoms with van der Waals surface area (Å²) in [5.74, 6) is -1.41. The lowest BCUT2D eigenvalue weighted by Gasteiger charge is -2.18. The van der Waals surface area contributed by atoms with Crippen LogP contribution in [0.2, 0.25) is 0 Å². The first-order chi connectivity index (χ1) is 8.76. The van der Waals surface area contributed by atoms with Crippen molar-refractivity contribution >= 4 is 21.9 Å². The molecule has 0 aromatic heterocycles. The predicted octanol–water partition coefficient (Wildman–Crippen LogP) is -0.363. The molecule has 19 heavy (non-hydrogen) atoms. The second-order valence-electron chi connectivity index (χ2n) is 4.79. The topological polar surface area (TPSA) is 104 Å². The number of carboxylic acids is 1. The minimum absolute atomic E-state index is 0.0960. The van der Waals surface area contributed by atoms with Gasteiger partial charge in [-0.2, -0.15) is 4.31 Å². The van der Waals surface area contributed by atoms with Crippen LogP contribution in [0.1, 0.15) is 26.2 Å². The van der Waals surface area contributed by atoms with Gasteiger partial charge in [0.2, 0.25) is 15.9 Å². The number of carbonyl (C=O) groups is 2. The van der Waals surface area contributed by atoms with Crippen LogP contribution in [0.4, 0.5) is 0 Å². The van der Waals surface area contributed by atoms with E-state index in [4.69, 9.17) is 5.11 Å². The van der Waals surface area contributed by atoms with Crippen LogP contribution in [0.15, 0.2) is 0 Å².